The lowest BCUT2D eigenvalue weighted by Crippen LogP contribution is -2.57. The molecule has 0 bridgehead atoms. The van der Waals surface area contributed by atoms with Crippen LogP contribution in [-0.2, 0) is 30.3 Å². The van der Waals surface area contributed by atoms with E-state index in [1.807, 2.05) is 48.5 Å². The number of carbonyl (C=O) groups is 2. The third kappa shape index (κ3) is 2.47. The lowest BCUT2D eigenvalue weighted by molar-refractivity contribution is -0.156. The number of hydrogen-bond donors (Lipinski definition) is 0. The molecule has 3 aliphatic rings. The molecule has 2 atom stereocenters. The molecule has 0 aromatic heterocycles. The maximum absolute atomic E-state index is 14.2. The highest BCUT2D eigenvalue weighted by atomic mass is 16.8. The second-order valence-electron chi connectivity index (χ2n) is 8.80. The van der Waals surface area contributed by atoms with Crippen LogP contribution in [0.3, 0.4) is 0 Å². The number of anilines is 2. The summed E-state index contributed by atoms with van der Waals surface area (Å²) in [6, 6.07) is 19.9. The highest BCUT2D eigenvalue weighted by Crippen LogP contribution is 2.65. The van der Waals surface area contributed by atoms with E-state index in [1.54, 1.807) is 46.5 Å². The van der Waals surface area contributed by atoms with E-state index in [0.29, 0.717) is 39.6 Å². The van der Waals surface area contributed by atoms with Crippen molar-refractivity contribution in [3.05, 3.63) is 83.4 Å². The molecule has 8 heteroatoms. The summed E-state index contributed by atoms with van der Waals surface area (Å²) in [5, 5.41) is 0. The second-order valence-corrected chi connectivity index (χ2v) is 8.80. The van der Waals surface area contributed by atoms with E-state index < -0.39 is 17.5 Å². The molecular weight excluding hydrogens is 448 g/mol. The Morgan fingerprint density at radius 1 is 0.743 bits per heavy atom. The summed E-state index contributed by atoms with van der Waals surface area (Å²) < 4.78 is 24.3. The van der Waals surface area contributed by atoms with Crippen LogP contribution in [0.5, 0.6) is 11.5 Å². The first kappa shape index (κ1) is 21.6. The molecule has 35 heavy (non-hydrogen) atoms. The topological polar surface area (TPSA) is 77.5 Å². The average molecular weight is 472 g/mol. The maximum Gasteiger partial charge on any atom is 0.267 e. The van der Waals surface area contributed by atoms with Gasteiger partial charge < -0.3 is 28.7 Å². The van der Waals surface area contributed by atoms with E-state index in [4.69, 9.17) is 18.9 Å². The van der Waals surface area contributed by atoms with Crippen molar-refractivity contribution in [1.29, 1.82) is 0 Å². The van der Waals surface area contributed by atoms with Gasteiger partial charge in [-0.1, -0.05) is 36.4 Å². The van der Waals surface area contributed by atoms with Gasteiger partial charge in [0, 0.05) is 25.2 Å². The van der Waals surface area contributed by atoms with Crippen LogP contribution in [0, 0.1) is 0 Å². The number of rotatable bonds is 3. The van der Waals surface area contributed by atoms with Gasteiger partial charge in [-0.25, -0.2) is 0 Å². The van der Waals surface area contributed by atoms with E-state index in [2.05, 4.69) is 0 Å². The van der Waals surface area contributed by atoms with Crippen LogP contribution >= 0.6 is 0 Å². The summed E-state index contributed by atoms with van der Waals surface area (Å²) in [5.41, 5.74) is -0.477. The Morgan fingerprint density at radius 2 is 1.26 bits per heavy atom. The predicted octanol–water partition coefficient (Wildman–Crippen LogP) is 3.49. The highest BCUT2D eigenvalue weighted by Gasteiger charge is 2.77. The van der Waals surface area contributed by atoms with Gasteiger partial charge >= 0.3 is 0 Å². The van der Waals surface area contributed by atoms with Gasteiger partial charge in [-0.2, -0.15) is 0 Å². The molecule has 3 heterocycles. The molecule has 3 aromatic rings. The van der Waals surface area contributed by atoms with Crippen molar-refractivity contribution in [2.45, 2.75) is 17.5 Å². The van der Waals surface area contributed by atoms with Crippen LogP contribution in [0.1, 0.15) is 23.0 Å². The summed E-state index contributed by atoms with van der Waals surface area (Å²) >= 11 is 0. The van der Waals surface area contributed by atoms with Crippen molar-refractivity contribution < 1.29 is 28.5 Å². The summed E-state index contributed by atoms with van der Waals surface area (Å²) in [6.45, 7) is 0. The van der Waals surface area contributed by atoms with Gasteiger partial charge in [0.15, 0.2) is 6.29 Å². The van der Waals surface area contributed by atoms with E-state index >= 15 is 0 Å². The van der Waals surface area contributed by atoms with Crippen molar-refractivity contribution in [2.24, 2.45) is 0 Å². The Bertz CT molecular complexity index is 1310. The smallest absolute Gasteiger partial charge is 0.267 e. The predicted molar refractivity (Wildman–Crippen MR) is 128 cm³/mol. The molecule has 0 N–H and O–H groups in total. The van der Waals surface area contributed by atoms with Gasteiger partial charge in [-0.15, -0.1) is 0 Å². The molecule has 0 unspecified atom stereocenters. The standard InChI is InChI=1S/C27H24N2O6/c1-28-20-11-7-5-9-18(20)26(24(28)30)27(19-10-6-8-12-21(19)29(2)25(27)31)35-23(34-26)17-15-16(32-3)13-14-22(17)33-4/h5-15,23H,1-4H3/t26-,27-/m1/s1. The molecule has 6 rings (SSSR count). The van der Waals surface area contributed by atoms with Crippen LogP contribution in [0.2, 0.25) is 0 Å². The number of fused-ring (bicyclic) bond motifs is 5. The number of hydrogen-bond acceptors (Lipinski definition) is 6. The molecule has 8 nitrogen and oxygen atoms in total. The van der Waals surface area contributed by atoms with E-state index in [1.165, 1.54) is 9.80 Å². The van der Waals surface area contributed by atoms with Crippen molar-refractivity contribution >= 4 is 23.2 Å². The Balaban J connectivity index is 1.66. The molecule has 2 spiro atoms. The molecule has 3 aliphatic heterocycles. The van der Waals surface area contributed by atoms with Crippen molar-refractivity contribution in [3.8, 4) is 11.5 Å². The molecule has 1 fully saturated rings. The Hall–Kier alpha value is -3.88. The number of para-hydroxylation sites is 2. The number of methoxy groups -OCH3 is 2. The minimum absolute atomic E-state index is 0.374. The lowest BCUT2D eigenvalue weighted by atomic mass is 9.74. The molecule has 178 valence electrons. The molecule has 3 aromatic carbocycles. The van der Waals surface area contributed by atoms with Gasteiger partial charge in [-0.05, 0) is 30.3 Å². The van der Waals surface area contributed by atoms with E-state index in [-0.39, 0.29) is 11.8 Å². The molecule has 0 radical (unpaired) electrons. The number of nitrogens with zero attached hydrogens (tertiary/aromatic N) is 2. The molecule has 0 saturated carbocycles. The fourth-order valence-corrected chi connectivity index (χ4v) is 5.62. The normalized spacial score (nSPS) is 25.0. The number of ether oxygens (including phenoxy) is 4. The average Bonchev–Trinajstić information content (AvgIpc) is 3.45. The SMILES string of the molecule is COc1ccc(OC)c(C2O[C@]3(C(=O)N(C)c4ccccc43)[C@]3(O2)C(=O)N(C)c2ccccc23)c1. The molecule has 1 saturated heterocycles. The zero-order valence-electron chi connectivity index (χ0n) is 19.8. The van der Waals surface area contributed by atoms with Crippen LogP contribution in [0.15, 0.2) is 66.7 Å². The Labute approximate surface area is 202 Å². The fourth-order valence-electron chi connectivity index (χ4n) is 5.62. The van der Waals surface area contributed by atoms with Crippen LogP contribution in [0.25, 0.3) is 0 Å². The second kappa shape index (κ2) is 7.31. The first-order valence-electron chi connectivity index (χ1n) is 11.2. The highest BCUT2D eigenvalue weighted by molar-refractivity contribution is 6.17. The Kier molecular flexibility index (Phi) is 4.52. The van der Waals surface area contributed by atoms with Gasteiger partial charge in [0.2, 0.25) is 11.2 Å². The third-order valence-electron chi connectivity index (χ3n) is 7.26. The minimum Gasteiger partial charge on any atom is -0.497 e. The van der Waals surface area contributed by atoms with Crippen molar-refractivity contribution in [3.63, 3.8) is 0 Å². The van der Waals surface area contributed by atoms with Crippen molar-refractivity contribution in [2.75, 3.05) is 38.1 Å². The summed E-state index contributed by atoms with van der Waals surface area (Å²) in [4.78, 5) is 31.4. The first-order chi connectivity index (χ1) is 16.9. The first-order valence-corrected chi connectivity index (χ1v) is 11.2. The minimum atomic E-state index is -1.74. The van der Waals surface area contributed by atoms with Crippen LogP contribution < -0.4 is 19.3 Å². The van der Waals surface area contributed by atoms with Gasteiger partial charge in [0.1, 0.15) is 11.5 Å². The monoisotopic (exact) mass is 472 g/mol. The Morgan fingerprint density at radius 3 is 1.74 bits per heavy atom. The molecule has 0 aliphatic carbocycles. The zero-order chi connectivity index (χ0) is 24.5. The van der Waals surface area contributed by atoms with Crippen LogP contribution in [0.4, 0.5) is 11.4 Å². The van der Waals surface area contributed by atoms with Gasteiger partial charge in [-0.3, -0.25) is 9.59 Å². The third-order valence-corrected chi connectivity index (χ3v) is 7.26. The lowest BCUT2D eigenvalue weighted by Gasteiger charge is -2.34. The van der Waals surface area contributed by atoms with Crippen molar-refractivity contribution in [1.82, 2.24) is 0 Å². The number of carbonyl (C=O) groups excluding carboxylic acids is 2. The fraction of sp³-hybridized carbons (Fsp3) is 0.259. The zero-order valence-corrected chi connectivity index (χ0v) is 19.8. The molecular formula is C27H24N2O6. The van der Waals surface area contributed by atoms with E-state index in [0.717, 1.165) is 0 Å². The molecule has 2 amide bonds. The van der Waals surface area contributed by atoms with Crippen LogP contribution in [-0.4, -0.2) is 40.1 Å². The summed E-state index contributed by atoms with van der Waals surface area (Å²) in [6.07, 6.45) is -1.09. The summed E-state index contributed by atoms with van der Waals surface area (Å²) in [5.74, 6) is 0.304. The summed E-state index contributed by atoms with van der Waals surface area (Å²) in [7, 11) is 6.46. The quantitative estimate of drug-likeness (QED) is 0.581. The number of likely N-dealkylation sites (N-methyl/N-ethyl adjacent to an activating group) is 2. The number of benzene rings is 3. The van der Waals surface area contributed by atoms with Gasteiger partial charge in [0.05, 0.1) is 31.2 Å². The maximum atomic E-state index is 14.2. The largest absolute Gasteiger partial charge is 0.497 e. The van der Waals surface area contributed by atoms with Gasteiger partial charge in [0.25, 0.3) is 11.8 Å². The number of amides is 2. The van der Waals surface area contributed by atoms with E-state index in [9.17, 15) is 9.59 Å².